The van der Waals surface area contributed by atoms with Crippen molar-refractivity contribution in [1.29, 1.82) is 0 Å². The zero-order valence-corrected chi connectivity index (χ0v) is 32.3. The second-order valence-electron chi connectivity index (χ2n) is 13.2. The van der Waals surface area contributed by atoms with Crippen LogP contribution in [0.4, 0.5) is 0 Å². The lowest BCUT2D eigenvalue weighted by molar-refractivity contribution is -0.161. The Morgan fingerprint density at radius 1 is 0.612 bits per heavy atom. The van der Waals surface area contributed by atoms with Gasteiger partial charge in [-0.15, -0.1) is 0 Å². The van der Waals surface area contributed by atoms with Crippen molar-refractivity contribution in [2.75, 3.05) is 26.4 Å². The van der Waals surface area contributed by atoms with Gasteiger partial charge in [0, 0.05) is 19.4 Å². The van der Waals surface area contributed by atoms with Crippen molar-refractivity contribution < 1.29 is 37.6 Å². The van der Waals surface area contributed by atoms with Crippen molar-refractivity contribution in [3.8, 4) is 0 Å². The molecule has 0 radical (unpaired) electrons. The number of esters is 2. The Bertz CT molecular complexity index is 866. The van der Waals surface area contributed by atoms with Gasteiger partial charge in [-0.1, -0.05) is 147 Å². The van der Waals surface area contributed by atoms with E-state index in [1.165, 1.54) is 96.3 Å². The van der Waals surface area contributed by atoms with E-state index in [0.29, 0.717) is 6.42 Å². The van der Waals surface area contributed by atoms with E-state index in [2.05, 4.69) is 38.2 Å². The fraction of sp³-hybridized carbons (Fsp3) is 0.846. The number of phosphoric ester groups is 1. The molecule has 0 amide bonds. The molecule has 2 atom stereocenters. The third-order valence-corrected chi connectivity index (χ3v) is 9.32. The van der Waals surface area contributed by atoms with Crippen LogP contribution in [0.3, 0.4) is 0 Å². The Balaban J connectivity index is 4.13. The van der Waals surface area contributed by atoms with Crippen LogP contribution >= 0.6 is 7.82 Å². The quantitative estimate of drug-likeness (QED) is 0.0279. The summed E-state index contributed by atoms with van der Waals surface area (Å²) in [6.07, 6.45) is 36.4. The fourth-order valence-corrected chi connectivity index (χ4v) is 6.13. The molecule has 0 aliphatic carbocycles. The summed E-state index contributed by atoms with van der Waals surface area (Å²) in [6, 6.07) is 0. The Labute approximate surface area is 300 Å². The molecule has 0 heterocycles. The molecule has 0 bridgehead atoms. The zero-order chi connectivity index (χ0) is 36.1. The van der Waals surface area contributed by atoms with Crippen LogP contribution < -0.4 is 5.73 Å². The number of rotatable bonds is 37. The van der Waals surface area contributed by atoms with Gasteiger partial charge in [-0.2, -0.15) is 0 Å². The van der Waals surface area contributed by atoms with Crippen LogP contribution in [0.5, 0.6) is 0 Å². The largest absolute Gasteiger partial charge is 0.472 e. The Morgan fingerprint density at radius 2 is 1.06 bits per heavy atom. The molecule has 1 unspecified atom stereocenters. The van der Waals surface area contributed by atoms with Gasteiger partial charge in [0.1, 0.15) is 6.61 Å². The van der Waals surface area contributed by atoms with Gasteiger partial charge in [0.2, 0.25) is 0 Å². The molecule has 0 aliphatic heterocycles. The minimum absolute atomic E-state index is 0.0539. The molecule has 288 valence electrons. The summed E-state index contributed by atoms with van der Waals surface area (Å²) in [6.45, 7) is 3.68. The maximum atomic E-state index is 12.5. The van der Waals surface area contributed by atoms with E-state index in [4.69, 9.17) is 24.3 Å². The van der Waals surface area contributed by atoms with Gasteiger partial charge in [-0.05, 0) is 44.9 Å². The molecule has 0 aromatic heterocycles. The van der Waals surface area contributed by atoms with Crippen molar-refractivity contribution in [3.63, 3.8) is 0 Å². The second kappa shape index (κ2) is 36.3. The van der Waals surface area contributed by atoms with Crippen molar-refractivity contribution in [2.24, 2.45) is 5.73 Å². The van der Waals surface area contributed by atoms with Crippen LogP contribution in [0.25, 0.3) is 0 Å². The molecule has 3 N–H and O–H groups in total. The SMILES string of the molecule is CCCCC/C=C/C/C=C/CCCCCCCCCCCC(=O)O[C@H](COC(=O)CCCCCCCCCCC)COP(=O)(O)OCCN. The van der Waals surface area contributed by atoms with Gasteiger partial charge in [0.05, 0.1) is 13.2 Å². The number of ether oxygens (including phenoxy) is 2. The van der Waals surface area contributed by atoms with Gasteiger partial charge in [-0.3, -0.25) is 18.6 Å². The summed E-state index contributed by atoms with van der Waals surface area (Å²) in [5.74, 6) is -0.833. The third-order valence-electron chi connectivity index (χ3n) is 8.34. The summed E-state index contributed by atoms with van der Waals surface area (Å²) in [5, 5.41) is 0. The topological polar surface area (TPSA) is 134 Å². The van der Waals surface area contributed by atoms with Gasteiger partial charge >= 0.3 is 19.8 Å². The number of carbonyl (C=O) groups is 2. The average molecular weight is 716 g/mol. The predicted molar refractivity (Wildman–Crippen MR) is 201 cm³/mol. The lowest BCUT2D eigenvalue weighted by Gasteiger charge is -2.19. The minimum Gasteiger partial charge on any atom is -0.462 e. The van der Waals surface area contributed by atoms with Crippen LogP contribution in [-0.2, 0) is 32.7 Å². The molecule has 0 rings (SSSR count). The van der Waals surface area contributed by atoms with E-state index in [9.17, 15) is 19.0 Å². The fourth-order valence-electron chi connectivity index (χ4n) is 5.37. The monoisotopic (exact) mass is 716 g/mol. The van der Waals surface area contributed by atoms with Crippen LogP contribution in [0, 0.1) is 0 Å². The predicted octanol–water partition coefficient (Wildman–Crippen LogP) is 10.8. The molecular formula is C39H74NO8P. The first-order chi connectivity index (χ1) is 23.8. The van der Waals surface area contributed by atoms with Gasteiger partial charge in [0.25, 0.3) is 0 Å². The van der Waals surface area contributed by atoms with Gasteiger partial charge in [-0.25, -0.2) is 4.57 Å². The lowest BCUT2D eigenvalue weighted by Crippen LogP contribution is -2.29. The van der Waals surface area contributed by atoms with E-state index in [-0.39, 0.29) is 38.6 Å². The standard InChI is InChI=1S/C39H74NO8P/c1-3-5-7-9-11-13-14-15-16-17-18-19-20-21-22-24-26-28-30-32-39(42)48-37(36-47-49(43,44)46-34-33-40)35-45-38(41)31-29-27-25-23-12-10-8-6-4-2/h11,13,15-16,37H,3-10,12,14,17-36,40H2,1-2H3,(H,43,44)/b13-11+,16-15+/t37-/m1/s1. The summed E-state index contributed by atoms with van der Waals surface area (Å²) >= 11 is 0. The number of hydrogen-bond acceptors (Lipinski definition) is 8. The van der Waals surface area contributed by atoms with Crippen molar-refractivity contribution in [1.82, 2.24) is 0 Å². The van der Waals surface area contributed by atoms with E-state index < -0.39 is 26.5 Å². The summed E-state index contributed by atoms with van der Waals surface area (Å²) in [5.41, 5.74) is 5.33. The van der Waals surface area contributed by atoms with E-state index in [1.54, 1.807) is 0 Å². The maximum absolute atomic E-state index is 12.5. The van der Waals surface area contributed by atoms with Crippen molar-refractivity contribution in [3.05, 3.63) is 24.3 Å². The Kier molecular flexibility index (Phi) is 35.2. The first-order valence-electron chi connectivity index (χ1n) is 19.8. The van der Waals surface area contributed by atoms with E-state index in [0.717, 1.165) is 51.4 Å². The molecule has 0 aromatic carbocycles. The molecule has 0 aliphatic rings. The van der Waals surface area contributed by atoms with Crippen molar-refractivity contribution >= 4 is 19.8 Å². The number of phosphoric acid groups is 1. The van der Waals surface area contributed by atoms with E-state index >= 15 is 0 Å². The lowest BCUT2D eigenvalue weighted by atomic mass is 10.1. The maximum Gasteiger partial charge on any atom is 0.472 e. The zero-order valence-electron chi connectivity index (χ0n) is 31.4. The van der Waals surface area contributed by atoms with Crippen LogP contribution in [0.1, 0.15) is 181 Å². The van der Waals surface area contributed by atoms with Crippen LogP contribution in [-0.4, -0.2) is 49.3 Å². The van der Waals surface area contributed by atoms with Crippen LogP contribution in [0.2, 0.25) is 0 Å². The number of nitrogens with two attached hydrogens (primary N) is 1. The number of carbonyl (C=O) groups excluding carboxylic acids is 2. The molecule has 10 heteroatoms. The number of allylic oxidation sites excluding steroid dienone is 4. The highest BCUT2D eigenvalue weighted by Crippen LogP contribution is 2.43. The Morgan fingerprint density at radius 3 is 1.59 bits per heavy atom. The first-order valence-corrected chi connectivity index (χ1v) is 21.3. The first kappa shape index (κ1) is 47.5. The molecule has 49 heavy (non-hydrogen) atoms. The van der Waals surface area contributed by atoms with Crippen LogP contribution in [0.15, 0.2) is 24.3 Å². The van der Waals surface area contributed by atoms with Gasteiger partial charge < -0.3 is 20.1 Å². The molecule has 0 saturated carbocycles. The highest BCUT2D eigenvalue weighted by atomic mass is 31.2. The summed E-state index contributed by atoms with van der Waals surface area (Å²) in [7, 11) is -4.37. The average Bonchev–Trinajstić information content (AvgIpc) is 3.08. The molecule has 0 spiro atoms. The van der Waals surface area contributed by atoms with Crippen molar-refractivity contribution in [2.45, 2.75) is 187 Å². The third kappa shape index (κ3) is 36.1. The normalized spacial score (nSPS) is 13.6. The second-order valence-corrected chi connectivity index (χ2v) is 14.6. The molecule has 0 saturated heterocycles. The van der Waals surface area contributed by atoms with E-state index in [1.807, 2.05) is 0 Å². The smallest absolute Gasteiger partial charge is 0.462 e. The minimum atomic E-state index is -4.37. The summed E-state index contributed by atoms with van der Waals surface area (Å²) in [4.78, 5) is 34.7. The highest BCUT2D eigenvalue weighted by Gasteiger charge is 2.25. The number of hydrogen-bond donors (Lipinski definition) is 2. The molecule has 0 fully saturated rings. The van der Waals surface area contributed by atoms with Gasteiger partial charge in [0.15, 0.2) is 6.10 Å². The summed E-state index contributed by atoms with van der Waals surface area (Å²) < 4.78 is 32.6. The highest BCUT2D eigenvalue weighted by molar-refractivity contribution is 7.47. The molecular weight excluding hydrogens is 641 g/mol. The Hall–Kier alpha value is -1.51. The number of unbranched alkanes of at least 4 members (excludes halogenated alkanes) is 20. The molecule has 0 aromatic rings. The molecule has 9 nitrogen and oxygen atoms in total.